The number of ether oxygens (including phenoxy) is 2. The molecule has 3 nitrogen and oxygen atoms in total. The van der Waals surface area contributed by atoms with E-state index in [1.165, 1.54) is 24.9 Å². The van der Waals surface area contributed by atoms with Gasteiger partial charge in [-0.15, -0.1) is 0 Å². The lowest BCUT2D eigenvalue weighted by atomic mass is 9.88. The van der Waals surface area contributed by atoms with Gasteiger partial charge in [-0.25, -0.2) is 0 Å². The van der Waals surface area contributed by atoms with Gasteiger partial charge < -0.3 is 14.4 Å². The van der Waals surface area contributed by atoms with Crippen LogP contribution in [0.2, 0.25) is 0 Å². The summed E-state index contributed by atoms with van der Waals surface area (Å²) < 4.78 is 12.5. The Morgan fingerprint density at radius 1 is 1.33 bits per heavy atom. The molecule has 0 aliphatic carbocycles. The Kier molecular flexibility index (Phi) is 7.17. The molecule has 1 fully saturated rings. The normalized spacial score (nSPS) is 21.4. The minimum atomic E-state index is 0.167. The Morgan fingerprint density at radius 3 is 2.86 bits per heavy atom. The number of halogens is 1. The smallest absolute Gasteiger partial charge is 0.0876 e. The highest BCUT2D eigenvalue weighted by molar-refractivity contribution is 9.10. The van der Waals surface area contributed by atoms with Crippen LogP contribution in [0, 0.1) is 5.92 Å². The molecule has 2 unspecified atom stereocenters. The first-order valence-corrected chi connectivity index (χ1v) is 8.55. The molecule has 0 saturated carbocycles. The molecule has 1 aromatic carbocycles. The number of hydrogen-bond acceptors (Lipinski definition) is 3. The Hall–Kier alpha value is -0.420. The van der Waals surface area contributed by atoms with E-state index in [-0.39, 0.29) is 6.10 Å². The molecule has 4 heteroatoms. The molecule has 0 bridgehead atoms. The zero-order chi connectivity index (χ0) is 15.1. The van der Waals surface area contributed by atoms with E-state index in [1.807, 2.05) is 0 Å². The maximum atomic E-state index is 6.26. The standard InChI is InChI=1S/C17H26BrNO2/c1-19-10-5-7-14(13-19)17(21-12-6-11-20-2)15-8-3-4-9-16(15)18/h3-4,8-9,14,17H,5-7,10-13H2,1-2H3. The minimum absolute atomic E-state index is 0.167. The van der Waals surface area contributed by atoms with Gasteiger partial charge in [0.15, 0.2) is 0 Å². The fraction of sp³-hybridized carbons (Fsp3) is 0.647. The quantitative estimate of drug-likeness (QED) is 0.692. The summed E-state index contributed by atoms with van der Waals surface area (Å²) in [5.74, 6) is 0.560. The molecule has 1 saturated heterocycles. The fourth-order valence-corrected chi connectivity index (χ4v) is 3.56. The third-order valence-corrected chi connectivity index (χ3v) is 4.81. The van der Waals surface area contributed by atoms with Crippen LogP contribution in [-0.4, -0.2) is 45.4 Å². The number of methoxy groups -OCH3 is 1. The monoisotopic (exact) mass is 355 g/mol. The van der Waals surface area contributed by atoms with Crippen LogP contribution in [0.15, 0.2) is 28.7 Å². The molecule has 0 N–H and O–H groups in total. The van der Waals surface area contributed by atoms with Gasteiger partial charge in [0.2, 0.25) is 0 Å². The number of nitrogens with zero attached hydrogens (tertiary/aromatic N) is 1. The Bertz CT molecular complexity index is 427. The van der Waals surface area contributed by atoms with Crippen molar-refractivity contribution in [3.8, 4) is 0 Å². The summed E-state index contributed by atoms with van der Waals surface area (Å²) in [6.45, 7) is 3.81. The van der Waals surface area contributed by atoms with Crippen molar-refractivity contribution in [1.29, 1.82) is 0 Å². The van der Waals surface area contributed by atoms with E-state index in [0.717, 1.165) is 30.7 Å². The molecule has 1 heterocycles. The predicted molar refractivity (Wildman–Crippen MR) is 89.5 cm³/mol. The first-order valence-electron chi connectivity index (χ1n) is 7.76. The minimum Gasteiger partial charge on any atom is -0.385 e. The predicted octanol–water partition coefficient (Wildman–Crippen LogP) is 3.89. The number of rotatable bonds is 7. The lowest BCUT2D eigenvalue weighted by Crippen LogP contribution is -2.36. The van der Waals surface area contributed by atoms with Gasteiger partial charge in [-0.1, -0.05) is 34.1 Å². The number of hydrogen-bond donors (Lipinski definition) is 0. The molecule has 118 valence electrons. The SMILES string of the molecule is COCCCOC(c1ccccc1Br)C1CCCN(C)C1. The lowest BCUT2D eigenvalue weighted by Gasteiger charge is -2.35. The first-order chi connectivity index (χ1) is 10.2. The molecule has 1 aliphatic rings. The number of piperidine rings is 1. The topological polar surface area (TPSA) is 21.7 Å². The second kappa shape index (κ2) is 8.89. The molecule has 21 heavy (non-hydrogen) atoms. The van der Waals surface area contributed by atoms with Crippen LogP contribution in [0.3, 0.4) is 0 Å². The van der Waals surface area contributed by atoms with E-state index in [2.05, 4.69) is 52.1 Å². The molecular weight excluding hydrogens is 330 g/mol. The van der Waals surface area contributed by atoms with Gasteiger partial charge in [0.1, 0.15) is 0 Å². The van der Waals surface area contributed by atoms with E-state index in [0.29, 0.717) is 5.92 Å². The van der Waals surface area contributed by atoms with Crippen molar-refractivity contribution >= 4 is 15.9 Å². The van der Waals surface area contributed by atoms with Gasteiger partial charge in [-0.3, -0.25) is 0 Å². The summed E-state index contributed by atoms with van der Waals surface area (Å²) >= 11 is 3.68. The highest BCUT2D eigenvalue weighted by Crippen LogP contribution is 2.36. The maximum absolute atomic E-state index is 6.26. The van der Waals surface area contributed by atoms with E-state index in [9.17, 15) is 0 Å². The van der Waals surface area contributed by atoms with E-state index in [1.54, 1.807) is 7.11 Å². The van der Waals surface area contributed by atoms with Gasteiger partial charge in [0.05, 0.1) is 6.10 Å². The largest absolute Gasteiger partial charge is 0.385 e. The highest BCUT2D eigenvalue weighted by atomic mass is 79.9. The maximum Gasteiger partial charge on any atom is 0.0876 e. The van der Waals surface area contributed by atoms with Crippen molar-refractivity contribution in [2.24, 2.45) is 5.92 Å². The third-order valence-electron chi connectivity index (χ3n) is 4.09. The van der Waals surface area contributed by atoms with Gasteiger partial charge >= 0.3 is 0 Å². The van der Waals surface area contributed by atoms with E-state index < -0.39 is 0 Å². The average Bonchev–Trinajstić information content (AvgIpc) is 2.48. The Morgan fingerprint density at radius 2 is 2.14 bits per heavy atom. The van der Waals surface area contributed by atoms with E-state index >= 15 is 0 Å². The summed E-state index contributed by atoms with van der Waals surface area (Å²) in [5, 5.41) is 0. The summed E-state index contributed by atoms with van der Waals surface area (Å²) in [7, 11) is 3.94. The second-order valence-electron chi connectivity index (χ2n) is 5.82. The molecular formula is C17H26BrNO2. The Labute approximate surface area is 136 Å². The summed E-state index contributed by atoms with van der Waals surface area (Å²) in [6, 6.07) is 8.44. The van der Waals surface area contributed by atoms with Crippen molar-refractivity contribution in [2.75, 3.05) is 40.5 Å². The van der Waals surface area contributed by atoms with Crippen LogP contribution in [0.25, 0.3) is 0 Å². The second-order valence-corrected chi connectivity index (χ2v) is 6.68. The average molecular weight is 356 g/mol. The van der Waals surface area contributed by atoms with Crippen LogP contribution in [0.4, 0.5) is 0 Å². The van der Waals surface area contributed by atoms with Gasteiger partial charge in [0, 0.05) is 37.3 Å². The van der Waals surface area contributed by atoms with Crippen molar-refractivity contribution in [2.45, 2.75) is 25.4 Å². The van der Waals surface area contributed by atoms with Crippen molar-refractivity contribution in [1.82, 2.24) is 4.90 Å². The molecule has 1 aliphatic heterocycles. The number of benzene rings is 1. The van der Waals surface area contributed by atoms with Crippen molar-refractivity contribution in [3.05, 3.63) is 34.3 Å². The lowest BCUT2D eigenvalue weighted by molar-refractivity contribution is -0.0189. The van der Waals surface area contributed by atoms with Crippen LogP contribution >= 0.6 is 15.9 Å². The highest BCUT2D eigenvalue weighted by Gasteiger charge is 2.28. The van der Waals surface area contributed by atoms with Crippen LogP contribution in [0.1, 0.15) is 30.9 Å². The van der Waals surface area contributed by atoms with Crippen molar-refractivity contribution in [3.63, 3.8) is 0 Å². The molecule has 0 spiro atoms. The fourth-order valence-electron chi connectivity index (χ4n) is 3.05. The third kappa shape index (κ3) is 5.06. The number of likely N-dealkylation sites (tertiary alicyclic amines) is 1. The zero-order valence-electron chi connectivity index (χ0n) is 13.1. The molecule has 2 rings (SSSR count). The van der Waals surface area contributed by atoms with Gasteiger partial charge in [-0.05, 0) is 44.5 Å². The molecule has 0 radical (unpaired) electrons. The molecule has 1 aromatic rings. The summed E-state index contributed by atoms with van der Waals surface area (Å²) in [4.78, 5) is 2.41. The Balaban J connectivity index is 2.08. The van der Waals surface area contributed by atoms with Crippen molar-refractivity contribution < 1.29 is 9.47 Å². The first kappa shape index (κ1) is 16.9. The van der Waals surface area contributed by atoms with Gasteiger partial charge in [0.25, 0.3) is 0 Å². The molecule has 0 aromatic heterocycles. The van der Waals surface area contributed by atoms with Crippen LogP contribution < -0.4 is 0 Å². The molecule has 2 atom stereocenters. The van der Waals surface area contributed by atoms with Crippen LogP contribution in [0.5, 0.6) is 0 Å². The van der Waals surface area contributed by atoms with E-state index in [4.69, 9.17) is 9.47 Å². The summed E-state index contributed by atoms with van der Waals surface area (Å²) in [6.07, 6.45) is 3.60. The summed E-state index contributed by atoms with van der Waals surface area (Å²) in [5.41, 5.74) is 1.27. The van der Waals surface area contributed by atoms with Gasteiger partial charge in [-0.2, -0.15) is 0 Å². The molecule has 0 amide bonds. The van der Waals surface area contributed by atoms with Crippen LogP contribution in [-0.2, 0) is 9.47 Å². The zero-order valence-corrected chi connectivity index (χ0v) is 14.6.